The number of aromatic nitrogens is 4. The molecule has 6 rings (SSSR count). The first-order valence-corrected chi connectivity index (χ1v) is 12.6. The molecule has 0 atom stereocenters. The Morgan fingerprint density at radius 3 is 2.75 bits per heavy atom. The highest BCUT2D eigenvalue weighted by Crippen LogP contribution is 2.27. The maximum atomic E-state index is 13.1. The van der Waals surface area contributed by atoms with Gasteiger partial charge in [-0.15, -0.1) is 0 Å². The van der Waals surface area contributed by atoms with Crippen molar-refractivity contribution in [2.24, 2.45) is 0 Å². The number of rotatable bonds is 8. The van der Waals surface area contributed by atoms with Crippen LogP contribution >= 0.6 is 0 Å². The van der Waals surface area contributed by atoms with E-state index in [4.69, 9.17) is 9.84 Å². The van der Waals surface area contributed by atoms with E-state index in [0.717, 1.165) is 73.2 Å². The van der Waals surface area contributed by atoms with Gasteiger partial charge in [0.15, 0.2) is 5.69 Å². The molecule has 0 radical (unpaired) electrons. The Kier molecular flexibility index (Phi) is 6.11. The Balaban J connectivity index is 1.24. The number of aryl methyl sites for hydroxylation is 2. The number of ether oxygens (including phenoxy) is 1. The number of benzene rings is 2. The number of carbonyl (C=O) groups is 1. The summed E-state index contributed by atoms with van der Waals surface area (Å²) in [4.78, 5) is 24.5. The van der Waals surface area contributed by atoms with E-state index in [2.05, 4.69) is 43.1 Å². The highest BCUT2D eigenvalue weighted by atomic mass is 16.5. The predicted octanol–water partition coefficient (Wildman–Crippen LogP) is 3.53. The van der Waals surface area contributed by atoms with Gasteiger partial charge in [-0.25, -0.2) is 0 Å². The number of nitrogens with one attached hydrogen (secondary N) is 1. The highest BCUT2D eigenvalue weighted by Gasteiger charge is 2.31. The summed E-state index contributed by atoms with van der Waals surface area (Å²) in [5.41, 5.74) is 7.03. The monoisotopic (exact) mass is 482 g/mol. The molecular weight excluding hydrogens is 452 g/mol. The van der Waals surface area contributed by atoms with Crippen molar-refractivity contribution in [1.82, 2.24) is 30.0 Å². The van der Waals surface area contributed by atoms with Crippen molar-refractivity contribution in [2.45, 2.75) is 51.4 Å². The van der Waals surface area contributed by atoms with E-state index in [1.165, 1.54) is 11.3 Å². The fraction of sp³-hybridized carbons (Fsp3) is 0.357. The van der Waals surface area contributed by atoms with Crippen LogP contribution in [0.1, 0.15) is 45.7 Å². The highest BCUT2D eigenvalue weighted by molar-refractivity contribution is 5.94. The first-order valence-electron chi connectivity index (χ1n) is 12.6. The number of para-hydroxylation sites is 1. The Morgan fingerprint density at radius 1 is 1.11 bits per heavy atom. The van der Waals surface area contributed by atoms with Crippen LogP contribution in [-0.2, 0) is 32.5 Å². The summed E-state index contributed by atoms with van der Waals surface area (Å²) in [6.07, 6.45) is 7.29. The van der Waals surface area contributed by atoms with Crippen molar-refractivity contribution in [1.29, 1.82) is 0 Å². The molecule has 1 saturated carbocycles. The van der Waals surface area contributed by atoms with Crippen LogP contribution in [0.25, 0.3) is 11.0 Å². The summed E-state index contributed by atoms with van der Waals surface area (Å²) < 4.78 is 7.33. The first kappa shape index (κ1) is 22.7. The lowest BCUT2D eigenvalue weighted by Gasteiger charge is -2.28. The molecule has 2 aliphatic rings. The molecule has 2 aromatic carbocycles. The lowest BCUT2D eigenvalue weighted by molar-refractivity contribution is 0.0943. The van der Waals surface area contributed by atoms with Crippen LogP contribution < -0.4 is 10.1 Å². The van der Waals surface area contributed by atoms with E-state index in [9.17, 15) is 4.79 Å². The normalized spacial score (nSPS) is 15.6. The van der Waals surface area contributed by atoms with E-state index < -0.39 is 0 Å². The number of hydrogen-bond donors (Lipinski definition) is 1. The average Bonchev–Trinajstić information content (AvgIpc) is 3.66. The minimum atomic E-state index is -0.0465. The lowest BCUT2D eigenvalue weighted by Crippen LogP contribution is -2.33. The molecule has 8 heteroatoms. The van der Waals surface area contributed by atoms with E-state index in [0.29, 0.717) is 18.3 Å². The van der Waals surface area contributed by atoms with Crippen molar-refractivity contribution < 1.29 is 9.53 Å². The molecule has 184 valence electrons. The molecule has 1 amide bonds. The number of carbonyl (C=O) groups excluding carboxylic acids is 1. The third-order valence-corrected chi connectivity index (χ3v) is 7.09. The molecule has 0 unspecified atom stereocenters. The van der Waals surface area contributed by atoms with Gasteiger partial charge in [0.05, 0.1) is 18.1 Å². The zero-order chi connectivity index (χ0) is 24.5. The molecule has 2 aromatic heterocycles. The van der Waals surface area contributed by atoms with Crippen LogP contribution in [0.3, 0.4) is 0 Å². The van der Waals surface area contributed by atoms with Crippen LogP contribution in [0.15, 0.2) is 54.9 Å². The fourth-order valence-electron chi connectivity index (χ4n) is 4.98. The maximum Gasteiger partial charge on any atom is 0.272 e. The Hall–Kier alpha value is -3.78. The second-order valence-corrected chi connectivity index (χ2v) is 9.64. The zero-order valence-electron chi connectivity index (χ0n) is 20.5. The second-order valence-electron chi connectivity index (χ2n) is 9.64. The molecule has 1 fully saturated rings. The first-order chi connectivity index (χ1) is 17.7. The standard InChI is InChI=1S/C28H30N6O2/c1-36-22-9-5-19(6-10-22)11-16-34-25-12-15-33(17-20-3-2-4-24-26(20)30-14-13-29-24)18-23(25)27(32-34)28(35)31-21-7-8-21/h2-6,9-10,13-14,21H,7-8,11-12,15-18H2,1H3,(H,31,35). The fourth-order valence-corrected chi connectivity index (χ4v) is 4.98. The molecule has 8 nitrogen and oxygen atoms in total. The minimum absolute atomic E-state index is 0.0465. The Bertz CT molecular complexity index is 1390. The molecule has 4 aromatic rings. The van der Waals surface area contributed by atoms with Crippen LogP contribution in [0.2, 0.25) is 0 Å². The molecule has 0 saturated heterocycles. The molecule has 0 spiro atoms. The molecule has 1 aliphatic carbocycles. The smallest absolute Gasteiger partial charge is 0.272 e. The van der Waals surface area contributed by atoms with Gasteiger partial charge in [0.2, 0.25) is 0 Å². The maximum absolute atomic E-state index is 13.1. The number of methoxy groups -OCH3 is 1. The summed E-state index contributed by atoms with van der Waals surface area (Å²) in [5.74, 6) is 0.807. The van der Waals surface area contributed by atoms with Crippen LogP contribution in [0, 0.1) is 0 Å². The van der Waals surface area contributed by atoms with Gasteiger partial charge in [-0.3, -0.25) is 24.3 Å². The molecule has 1 N–H and O–H groups in total. The van der Waals surface area contributed by atoms with Crippen molar-refractivity contribution in [2.75, 3.05) is 13.7 Å². The zero-order valence-corrected chi connectivity index (χ0v) is 20.5. The quantitative estimate of drug-likeness (QED) is 0.414. The molecule has 0 bridgehead atoms. The second kappa shape index (κ2) is 9.70. The minimum Gasteiger partial charge on any atom is -0.497 e. The lowest BCUT2D eigenvalue weighted by atomic mass is 10.0. The number of amides is 1. The van der Waals surface area contributed by atoms with Crippen LogP contribution in [0.4, 0.5) is 0 Å². The van der Waals surface area contributed by atoms with E-state index in [-0.39, 0.29) is 5.91 Å². The van der Waals surface area contributed by atoms with Gasteiger partial charge in [0.25, 0.3) is 5.91 Å². The van der Waals surface area contributed by atoms with Crippen molar-refractivity contribution >= 4 is 16.9 Å². The summed E-state index contributed by atoms with van der Waals surface area (Å²) in [5, 5.41) is 7.99. The summed E-state index contributed by atoms with van der Waals surface area (Å²) >= 11 is 0. The van der Waals surface area contributed by atoms with Gasteiger partial charge in [-0.1, -0.05) is 24.3 Å². The van der Waals surface area contributed by atoms with Gasteiger partial charge < -0.3 is 10.1 Å². The number of hydrogen-bond acceptors (Lipinski definition) is 6. The topological polar surface area (TPSA) is 85.2 Å². The predicted molar refractivity (Wildman–Crippen MR) is 137 cm³/mol. The van der Waals surface area contributed by atoms with Crippen molar-refractivity contribution in [3.05, 3.63) is 82.9 Å². The summed E-state index contributed by atoms with van der Waals surface area (Å²) in [6.45, 7) is 3.10. The van der Waals surface area contributed by atoms with Gasteiger partial charge in [0.1, 0.15) is 5.75 Å². The third kappa shape index (κ3) is 4.68. The average molecular weight is 483 g/mol. The summed E-state index contributed by atoms with van der Waals surface area (Å²) in [7, 11) is 1.68. The molecule has 1 aliphatic heterocycles. The van der Waals surface area contributed by atoms with Crippen molar-refractivity contribution in [3.8, 4) is 5.75 Å². The van der Waals surface area contributed by atoms with Crippen molar-refractivity contribution in [3.63, 3.8) is 0 Å². The Labute approximate surface area is 210 Å². The number of nitrogens with zero attached hydrogens (tertiary/aromatic N) is 5. The molecule has 3 heterocycles. The Morgan fingerprint density at radius 2 is 1.94 bits per heavy atom. The SMILES string of the molecule is COc1ccc(CCn2nc(C(=O)NC3CC3)c3c2CCN(Cc2cccc4nccnc24)C3)cc1. The number of fused-ring (bicyclic) bond motifs is 2. The van der Waals surface area contributed by atoms with E-state index in [1.807, 2.05) is 24.3 Å². The van der Waals surface area contributed by atoms with Gasteiger partial charge >= 0.3 is 0 Å². The van der Waals surface area contributed by atoms with E-state index >= 15 is 0 Å². The molecular formula is C28H30N6O2. The van der Waals surface area contributed by atoms with E-state index in [1.54, 1.807) is 19.5 Å². The third-order valence-electron chi connectivity index (χ3n) is 7.09. The van der Waals surface area contributed by atoms with Crippen LogP contribution in [-0.4, -0.2) is 50.3 Å². The van der Waals surface area contributed by atoms with Gasteiger partial charge in [0, 0.05) is 62.3 Å². The molecule has 36 heavy (non-hydrogen) atoms. The summed E-state index contributed by atoms with van der Waals surface area (Å²) in [6, 6.07) is 14.6. The van der Waals surface area contributed by atoms with Gasteiger partial charge in [-0.05, 0) is 48.6 Å². The van der Waals surface area contributed by atoms with Crippen LogP contribution in [0.5, 0.6) is 5.75 Å². The largest absolute Gasteiger partial charge is 0.497 e. The van der Waals surface area contributed by atoms with Gasteiger partial charge in [-0.2, -0.15) is 5.10 Å².